The molecule has 1 aliphatic carbocycles. The Hall–Kier alpha value is -3.18. The number of aliphatic hydroxyl groups excluding tert-OH is 1. The maximum Gasteiger partial charge on any atom is 0.250 e. The van der Waals surface area contributed by atoms with Crippen LogP contribution in [0.1, 0.15) is 44.9 Å². The van der Waals surface area contributed by atoms with Gasteiger partial charge in [0.2, 0.25) is 21.8 Å². The van der Waals surface area contributed by atoms with Crippen molar-refractivity contribution in [3.8, 4) is 22.9 Å². The first-order chi connectivity index (χ1) is 19.4. The van der Waals surface area contributed by atoms with E-state index in [-0.39, 0.29) is 5.75 Å². The van der Waals surface area contributed by atoms with Crippen molar-refractivity contribution in [1.82, 2.24) is 15.2 Å². The van der Waals surface area contributed by atoms with Crippen LogP contribution in [0.25, 0.3) is 22.9 Å². The van der Waals surface area contributed by atoms with Gasteiger partial charge < -0.3 is 19.3 Å². The van der Waals surface area contributed by atoms with Gasteiger partial charge in [-0.25, -0.2) is 13.4 Å². The second-order valence-corrected chi connectivity index (χ2v) is 13.8. The summed E-state index contributed by atoms with van der Waals surface area (Å²) in [6, 6.07) is 9.36. The second-order valence-electron chi connectivity index (χ2n) is 12.0. The molecule has 4 aliphatic heterocycles. The van der Waals surface area contributed by atoms with Gasteiger partial charge in [0.05, 0.1) is 29.3 Å². The van der Waals surface area contributed by atoms with Crippen molar-refractivity contribution in [2.24, 2.45) is 17.3 Å². The van der Waals surface area contributed by atoms with E-state index in [9.17, 15) is 8.42 Å². The van der Waals surface area contributed by atoms with Crippen molar-refractivity contribution in [1.29, 1.82) is 0 Å². The molecule has 3 aromatic rings. The summed E-state index contributed by atoms with van der Waals surface area (Å²) in [5.74, 6) is 2.95. The topological polar surface area (TPSA) is 125 Å². The van der Waals surface area contributed by atoms with Gasteiger partial charge in [-0.2, -0.15) is 0 Å². The number of piperidine rings is 2. The van der Waals surface area contributed by atoms with Crippen LogP contribution in [-0.2, 0) is 10.0 Å². The summed E-state index contributed by atoms with van der Waals surface area (Å²) in [5, 5.41) is 18.0. The molecule has 40 heavy (non-hydrogen) atoms. The van der Waals surface area contributed by atoms with Crippen molar-refractivity contribution in [2.75, 3.05) is 53.1 Å². The molecule has 0 amide bonds. The first-order valence-electron chi connectivity index (χ1n) is 14.5. The van der Waals surface area contributed by atoms with Crippen molar-refractivity contribution in [2.45, 2.75) is 44.9 Å². The van der Waals surface area contributed by atoms with Crippen molar-refractivity contribution in [3.63, 3.8) is 0 Å². The number of aliphatic hydroxyl groups is 1. The Morgan fingerprint density at radius 2 is 1.88 bits per heavy atom. The van der Waals surface area contributed by atoms with Gasteiger partial charge in [-0.05, 0) is 92.5 Å². The summed E-state index contributed by atoms with van der Waals surface area (Å²) < 4.78 is 33.6. The average Bonchev–Trinajstić information content (AvgIpc) is 3.38. The molecule has 2 N–H and O–H groups in total. The Kier molecular flexibility index (Phi) is 6.46. The van der Waals surface area contributed by atoms with Crippen LogP contribution in [0.2, 0.25) is 0 Å². The minimum atomic E-state index is -3.65. The quantitative estimate of drug-likeness (QED) is 0.481. The van der Waals surface area contributed by atoms with Crippen LogP contribution < -0.4 is 14.5 Å². The monoisotopic (exact) mass is 564 g/mol. The number of hydrogen-bond donors (Lipinski definition) is 2. The SMILES string of the molecule is O=S(=O)(CCO)Nc1ccc2c(c1)N1CCC3(CC1)CC3CCC1CCCN(C1)c1cc(ccn1)-c1nnc-2o1. The Morgan fingerprint density at radius 1 is 1.02 bits per heavy atom. The zero-order valence-electron chi connectivity index (χ0n) is 22.6. The van der Waals surface area contributed by atoms with Crippen LogP contribution in [0.3, 0.4) is 0 Å². The summed E-state index contributed by atoms with van der Waals surface area (Å²) in [6.45, 7) is 3.44. The molecule has 5 aliphatic rings. The molecule has 6 heterocycles. The van der Waals surface area contributed by atoms with E-state index in [1.165, 1.54) is 32.1 Å². The second kappa shape index (κ2) is 10.0. The van der Waals surface area contributed by atoms with Gasteiger partial charge >= 0.3 is 0 Å². The predicted octanol–water partition coefficient (Wildman–Crippen LogP) is 4.15. The number of nitrogens with one attached hydrogen (secondary N) is 1. The van der Waals surface area contributed by atoms with Crippen LogP contribution in [0.5, 0.6) is 0 Å². The fourth-order valence-electron chi connectivity index (χ4n) is 7.15. The van der Waals surface area contributed by atoms with E-state index in [0.29, 0.717) is 28.8 Å². The number of fused-ring (bicyclic) bond motifs is 3. The Labute approximate surface area is 234 Å². The number of aromatic nitrogens is 3. The third-order valence-corrected chi connectivity index (χ3v) is 10.8. The molecule has 8 rings (SSSR count). The average molecular weight is 565 g/mol. The van der Waals surface area contributed by atoms with E-state index >= 15 is 0 Å². The lowest BCUT2D eigenvalue weighted by Gasteiger charge is -2.36. The van der Waals surface area contributed by atoms with Gasteiger partial charge in [-0.1, -0.05) is 0 Å². The van der Waals surface area contributed by atoms with Crippen LogP contribution in [0, 0.1) is 17.3 Å². The van der Waals surface area contributed by atoms with E-state index in [2.05, 4.69) is 29.7 Å². The molecule has 2 atom stereocenters. The van der Waals surface area contributed by atoms with Gasteiger partial charge in [0, 0.05) is 37.9 Å². The number of anilines is 3. The highest BCUT2D eigenvalue weighted by atomic mass is 32.2. The summed E-state index contributed by atoms with van der Waals surface area (Å²) in [7, 11) is -3.65. The predicted molar refractivity (Wildman–Crippen MR) is 154 cm³/mol. The van der Waals surface area contributed by atoms with E-state index in [0.717, 1.165) is 67.6 Å². The molecular weight excluding hydrogens is 528 g/mol. The number of sulfonamides is 1. The number of nitrogens with zero attached hydrogens (tertiary/aromatic N) is 5. The van der Waals surface area contributed by atoms with Crippen molar-refractivity contribution >= 4 is 27.2 Å². The summed E-state index contributed by atoms with van der Waals surface area (Å²) in [5.41, 5.74) is 3.40. The first-order valence-corrected chi connectivity index (χ1v) is 16.1. The normalized spacial score (nSPS) is 25.9. The molecule has 2 saturated heterocycles. The molecule has 1 spiro atoms. The van der Waals surface area contributed by atoms with Gasteiger partial charge in [0.25, 0.3) is 0 Å². The Bertz CT molecular complexity index is 1500. The third kappa shape index (κ3) is 4.94. The van der Waals surface area contributed by atoms with E-state index < -0.39 is 16.6 Å². The molecule has 1 aromatic carbocycles. The largest absolute Gasteiger partial charge is 0.416 e. The van der Waals surface area contributed by atoms with Crippen molar-refractivity contribution < 1.29 is 17.9 Å². The van der Waals surface area contributed by atoms with E-state index in [1.807, 2.05) is 30.5 Å². The maximum absolute atomic E-state index is 12.4. The molecule has 2 aromatic heterocycles. The van der Waals surface area contributed by atoms with E-state index in [1.54, 1.807) is 6.07 Å². The van der Waals surface area contributed by atoms with Gasteiger partial charge in [0.1, 0.15) is 5.82 Å². The minimum Gasteiger partial charge on any atom is -0.416 e. The lowest BCUT2D eigenvalue weighted by molar-refractivity contribution is 0.316. The zero-order chi connectivity index (χ0) is 27.3. The highest BCUT2D eigenvalue weighted by molar-refractivity contribution is 7.92. The van der Waals surface area contributed by atoms with Crippen LogP contribution in [0.4, 0.5) is 17.2 Å². The number of benzene rings is 1. The highest BCUT2D eigenvalue weighted by Crippen LogP contribution is 2.62. The molecule has 8 bridgehead atoms. The minimum absolute atomic E-state index is 0.350. The zero-order valence-corrected chi connectivity index (χ0v) is 23.4. The molecule has 3 fully saturated rings. The maximum atomic E-state index is 12.4. The molecule has 1 saturated carbocycles. The highest BCUT2D eigenvalue weighted by Gasteiger charge is 2.54. The number of hydrogen-bond acceptors (Lipinski definition) is 9. The summed E-state index contributed by atoms with van der Waals surface area (Å²) >= 11 is 0. The van der Waals surface area contributed by atoms with Gasteiger partial charge in [-0.15, -0.1) is 10.2 Å². The molecular formula is C29H36N6O4S. The van der Waals surface area contributed by atoms with Crippen molar-refractivity contribution in [3.05, 3.63) is 36.5 Å². The van der Waals surface area contributed by atoms with Crippen LogP contribution >= 0.6 is 0 Å². The van der Waals surface area contributed by atoms with E-state index in [4.69, 9.17) is 9.52 Å². The van der Waals surface area contributed by atoms with Crippen LogP contribution in [0.15, 0.2) is 40.9 Å². The fraction of sp³-hybridized carbons (Fsp3) is 0.552. The number of rotatable bonds is 4. The fourth-order valence-corrected chi connectivity index (χ4v) is 7.98. The lowest BCUT2D eigenvalue weighted by Crippen LogP contribution is -2.36. The smallest absolute Gasteiger partial charge is 0.250 e. The summed E-state index contributed by atoms with van der Waals surface area (Å²) in [4.78, 5) is 9.42. The molecule has 10 nitrogen and oxygen atoms in total. The molecule has 2 unspecified atom stereocenters. The first kappa shape index (κ1) is 25.8. The Balaban J connectivity index is 1.27. The van der Waals surface area contributed by atoms with Crippen LogP contribution in [-0.4, -0.2) is 67.2 Å². The van der Waals surface area contributed by atoms with Gasteiger partial charge in [0.15, 0.2) is 0 Å². The standard InChI is InChI=1S/C29H36N6O4S/c36-14-15-40(37,38)33-23-5-6-24-25(17-23)34-12-8-29(9-13-34)18-22(29)4-3-20-2-1-11-35(19-20)26-16-21(7-10-30-26)27-31-32-28(24)39-27/h5-7,10,16-17,20,22,33,36H,1-4,8-9,11-15,18-19H2. The number of pyridine rings is 1. The molecule has 212 valence electrons. The summed E-state index contributed by atoms with van der Waals surface area (Å²) in [6.07, 6.45) is 10.5. The Morgan fingerprint density at radius 3 is 2.73 bits per heavy atom. The third-order valence-electron chi connectivity index (χ3n) is 9.50. The molecule has 0 radical (unpaired) electrons. The van der Waals surface area contributed by atoms with Gasteiger partial charge in [-0.3, -0.25) is 4.72 Å². The molecule has 11 heteroatoms. The lowest BCUT2D eigenvalue weighted by atomic mass is 9.86.